The number of carbonyl (C=O) groups excluding carboxylic acids is 2. The molecule has 0 saturated carbocycles. The Balaban J connectivity index is 1.61. The van der Waals surface area contributed by atoms with Crippen LogP contribution in [0.4, 0.5) is 0 Å². The molecular formula is C29H27NO9. The van der Waals surface area contributed by atoms with Gasteiger partial charge in [0.1, 0.15) is 5.75 Å². The summed E-state index contributed by atoms with van der Waals surface area (Å²) in [5.74, 6) is 1.27. The molecule has 10 nitrogen and oxygen atoms in total. The van der Waals surface area contributed by atoms with Crippen molar-refractivity contribution in [3.05, 3.63) is 77.0 Å². The van der Waals surface area contributed by atoms with Gasteiger partial charge < -0.3 is 33.2 Å². The number of hydrogen-bond donors (Lipinski definition) is 0. The van der Waals surface area contributed by atoms with Gasteiger partial charge in [0.05, 0.1) is 40.6 Å². The largest absolute Gasteiger partial charge is 0.497 e. The van der Waals surface area contributed by atoms with Crippen molar-refractivity contribution in [1.29, 1.82) is 0 Å². The van der Waals surface area contributed by atoms with E-state index in [9.17, 15) is 9.59 Å². The number of aliphatic imine (C=N–C) groups is 1. The zero-order chi connectivity index (χ0) is 27.9. The molecule has 4 rings (SSSR count). The topological polar surface area (TPSA) is 111 Å². The Morgan fingerprint density at radius 2 is 1.54 bits per heavy atom. The predicted octanol–water partition coefficient (Wildman–Crippen LogP) is 4.68. The highest BCUT2D eigenvalue weighted by molar-refractivity contribution is 6.13. The first-order valence-corrected chi connectivity index (χ1v) is 11.9. The molecule has 0 N–H and O–H groups in total. The molecule has 0 saturated heterocycles. The lowest BCUT2D eigenvalue weighted by atomic mass is 10.1. The summed E-state index contributed by atoms with van der Waals surface area (Å²) in [7, 11) is 6.02. The van der Waals surface area contributed by atoms with Crippen LogP contribution < -0.4 is 28.4 Å². The Labute approximate surface area is 225 Å². The Morgan fingerprint density at radius 3 is 2.13 bits per heavy atom. The van der Waals surface area contributed by atoms with Gasteiger partial charge in [-0.3, -0.25) is 0 Å². The molecule has 0 aliphatic carbocycles. The standard InChI is InChI=1S/C29H27NO9/c1-6-37-23-14-17(7-12-22(23)38-28(31)18-8-10-20(33-2)11-9-18)13-21-29(32)39-27(30-21)19-15-24(34-3)26(36-5)25(16-19)35-4/h7-16H,6H2,1-5H3/b21-13+. The molecule has 3 aromatic rings. The van der Waals surface area contributed by atoms with Crippen molar-refractivity contribution in [3.63, 3.8) is 0 Å². The number of cyclic esters (lactones) is 1. The molecule has 0 radical (unpaired) electrons. The average Bonchev–Trinajstić information content (AvgIpc) is 3.33. The lowest BCUT2D eigenvalue weighted by Gasteiger charge is -2.13. The number of carbonyl (C=O) groups is 2. The minimum absolute atomic E-state index is 0.0733. The van der Waals surface area contributed by atoms with Gasteiger partial charge in [0.25, 0.3) is 0 Å². The second-order valence-corrected chi connectivity index (χ2v) is 8.01. The van der Waals surface area contributed by atoms with Crippen LogP contribution in [0.2, 0.25) is 0 Å². The molecule has 3 aromatic carbocycles. The van der Waals surface area contributed by atoms with E-state index in [1.54, 1.807) is 67.8 Å². The van der Waals surface area contributed by atoms with Crippen LogP contribution in [0.25, 0.3) is 6.08 Å². The smallest absolute Gasteiger partial charge is 0.363 e. The summed E-state index contributed by atoms with van der Waals surface area (Å²) in [4.78, 5) is 29.6. The first-order valence-electron chi connectivity index (χ1n) is 11.9. The molecule has 1 aliphatic heterocycles. The molecule has 0 bridgehead atoms. The van der Waals surface area contributed by atoms with Gasteiger partial charge in [0.15, 0.2) is 28.7 Å². The van der Waals surface area contributed by atoms with Crippen molar-refractivity contribution in [2.45, 2.75) is 6.92 Å². The maximum atomic E-state index is 12.6. The maximum absolute atomic E-state index is 12.6. The third kappa shape index (κ3) is 5.96. The van der Waals surface area contributed by atoms with Crippen molar-refractivity contribution >= 4 is 23.9 Å². The molecule has 0 aromatic heterocycles. The fourth-order valence-corrected chi connectivity index (χ4v) is 3.75. The Morgan fingerprint density at radius 1 is 0.846 bits per heavy atom. The van der Waals surface area contributed by atoms with Gasteiger partial charge in [-0.15, -0.1) is 0 Å². The Hall–Kier alpha value is -4.99. The van der Waals surface area contributed by atoms with E-state index in [0.717, 1.165) is 0 Å². The molecule has 0 amide bonds. The minimum atomic E-state index is -0.633. The SMILES string of the molecule is CCOc1cc(/C=C2/N=C(c3cc(OC)c(OC)c(OC)c3)OC2=O)ccc1OC(=O)c1ccc(OC)cc1. The molecular weight excluding hydrogens is 506 g/mol. The van der Waals surface area contributed by atoms with Crippen molar-refractivity contribution in [1.82, 2.24) is 0 Å². The van der Waals surface area contributed by atoms with Gasteiger partial charge in [-0.25, -0.2) is 14.6 Å². The van der Waals surface area contributed by atoms with Gasteiger partial charge in [0.2, 0.25) is 11.6 Å². The van der Waals surface area contributed by atoms with Gasteiger partial charge >= 0.3 is 11.9 Å². The highest BCUT2D eigenvalue weighted by Gasteiger charge is 2.27. The summed E-state index contributed by atoms with van der Waals surface area (Å²) in [6.45, 7) is 2.14. The van der Waals surface area contributed by atoms with Gasteiger partial charge in [0, 0.05) is 5.56 Å². The summed E-state index contributed by atoms with van der Waals surface area (Å²) in [6.07, 6.45) is 1.55. The molecule has 1 aliphatic rings. The van der Waals surface area contributed by atoms with E-state index >= 15 is 0 Å². The second-order valence-electron chi connectivity index (χ2n) is 8.01. The summed E-state index contributed by atoms with van der Waals surface area (Å²) >= 11 is 0. The number of nitrogens with zero attached hydrogens (tertiary/aromatic N) is 1. The maximum Gasteiger partial charge on any atom is 0.363 e. The third-order valence-electron chi connectivity index (χ3n) is 5.63. The Kier molecular flexibility index (Phi) is 8.35. The van der Waals surface area contributed by atoms with Gasteiger partial charge in [-0.05, 0) is 67.1 Å². The molecule has 202 valence electrons. The van der Waals surface area contributed by atoms with E-state index in [1.165, 1.54) is 21.3 Å². The molecule has 1 heterocycles. The number of benzene rings is 3. The fourth-order valence-electron chi connectivity index (χ4n) is 3.75. The van der Waals surface area contributed by atoms with Crippen LogP contribution in [-0.2, 0) is 9.53 Å². The van der Waals surface area contributed by atoms with Crippen molar-refractivity contribution in [2.24, 2.45) is 4.99 Å². The molecule has 0 spiro atoms. The van der Waals surface area contributed by atoms with Crippen LogP contribution in [-0.4, -0.2) is 52.9 Å². The normalized spacial score (nSPS) is 13.4. The van der Waals surface area contributed by atoms with Crippen molar-refractivity contribution in [2.75, 3.05) is 35.0 Å². The number of esters is 2. The van der Waals surface area contributed by atoms with E-state index < -0.39 is 11.9 Å². The van der Waals surface area contributed by atoms with E-state index in [1.807, 2.05) is 6.92 Å². The lowest BCUT2D eigenvalue weighted by Crippen LogP contribution is -2.09. The zero-order valence-corrected chi connectivity index (χ0v) is 22.1. The van der Waals surface area contributed by atoms with E-state index in [-0.39, 0.29) is 17.3 Å². The predicted molar refractivity (Wildman–Crippen MR) is 142 cm³/mol. The molecule has 10 heteroatoms. The first-order chi connectivity index (χ1) is 18.9. The van der Waals surface area contributed by atoms with Crippen LogP contribution >= 0.6 is 0 Å². The van der Waals surface area contributed by atoms with Gasteiger partial charge in [-0.1, -0.05) is 6.07 Å². The van der Waals surface area contributed by atoms with Crippen molar-refractivity contribution < 1.29 is 42.7 Å². The number of hydrogen-bond acceptors (Lipinski definition) is 10. The van der Waals surface area contributed by atoms with Crippen LogP contribution in [0, 0.1) is 0 Å². The minimum Gasteiger partial charge on any atom is -0.497 e. The van der Waals surface area contributed by atoms with Crippen LogP contribution in [0.1, 0.15) is 28.4 Å². The van der Waals surface area contributed by atoms with E-state index in [0.29, 0.717) is 52.0 Å². The quantitative estimate of drug-likeness (QED) is 0.208. The monoisotopic (exact) mass is 533 g/mol. The summed E-state index contributed by atoms with van der Waals surface area (Å²) in [5.41, 5.74) is 1.48. The average molecular weight is 534 g/mol. The second kappa shape index (κ2) is 12.0. The fraction of sp³-hybridized carbons (Fsp3) is 0.207. The van der Waals surface area contributed by atoms with Crippen LogP contribution in [0.3, 0.4) is 0 Å². The number of methoxy groups -OCH3 is 4. The summed E-state index contributed by atoms with van der Waals surface area (Å²) < 4.78 is 37.9. The first kappa shape index (κ1) is 27.1. The molecule has 0 fully saturated rings. The van der Waals surface area contributed by atoms with Crippen molar-refractivity contribution in [3.8, 4) is 34.5 Å². The van der Waals surface area contributed by atoms with E-state index in [2.05, 4.69) is 4.99 Å². The third-order valence-corrected chi connectivity index (χ3v) is 5.63. The Bertz CT molecular complexity index is 1420. The number of rotatable bonds is 10. The lowest BCUT2D eigenvalue weighted by molar-refractivity contribution is -0.129. The van der Waals surface area contributed by atoms with E-state index in [4.69, 9.17) is 33.2 Å². The van der Waals surface area contributed by atoms with Crippen LogP contribution in [0.15, 0.2) is 65.3 Å². The highest BCUT2D eigenvalue weighted by Crippen LogP contribution is 2.39. The number of ether oxygens (including phenoxy) is 7. The van der Waals surface area contributed by atoms with Gasteiger partial charge in [-0.2, -0.15) is 0 Å². The van der Waals surface area contributed by atoms with Crippen LogP contribution in [0.5, 0.6) is 34.5 Å². The summed E-state index contributed by atoms with van der Waals surface area (Å²) in [5, 5.41) is 0. The zero-order valence-electron chi connectivity index (χ0n) is 22.1. The molecule has 0 unspecified atom stereocenters. The highest BCUT2D eigenvalue weighted by atomic mass is 16.6. The molecule has 39 heavy (non-hydrogen) atoms. The molecule has 0 atom stereocenters. The summed E-state index contributed by atoms with van der Waals surface area (Å²) in [6, 6.07) is 14.7.